The first-order valence-electron chi connectivity index (χ1n) is 8.21. The van der Waals surface area contributed by atoms with Gasteiger partial charge in [0.05, 0.1) is 0 Å². The van der Waals surface area contributed by atoms with Crippen molar-refractivity contribution in [1.82, 2.24) is 9.80 Å². The highest BCUT2D eigenvalue weighted by Crippen LogP contribution is 2.10. The molecule has 0 saturated heterocycles. The van der Waals surface area contributed by atoms with Crippen molar-refractivity contribution in [1.29, 1.82) is 0 Å². The first-order chi connectivity index (χ1) is 9.93. The van der Waals surface area contributed by atoms with E-state index < -0.39 is 5.97 Å². The van der Waals surface area contributed by atoms with Gasteiger partial charge < -0.3 is 14.9 Å². The van der Waals surface area contributed by atoms with Crippen LogP contribution in [0.15, 0.2) is 0 Å². The summed E-state index contributed by atoms with van der Waals surface area (Å²) in [6.45, 7) is 10.3. The number of carboxylic acid groups (broad SMARTS) is 1. The fraction of sp³-hybridized carbons (Fsp3) is 0.875. The molecule has 5 heteroatoms. The van der Waals surface area contributed by atoms with Gasteiger partial charge in [-0.05, 0) is 33.1 Å². The third kappa shape index (κ3) is 8.58. The van der Waals surface area contributed by atoms with Gasteiger partial charge in [0.15, 0.2) is 0 Å². The SMILES string of the molecule is CCCCN(CCCC)C(=O)N(CCCC(=O)O)C(C)C. The first kappa shape index (κ1) is 19.7. The summed E-state index contributed by atoms with van der Waals surface area (Å²) in [5, 5.41) is 8.73. The molecular weight excluding hydrogens is 268 g/mol. The molecule has 0 atom stereocenters. The van der Waals surface area contributed by atoms with Crippen LogP contribution in [0.25, 0.3) is 0 Å². The number of rotatable bonds is 11. The van der Waals surface area contributed by atoms with Crippen LogP contribution in [-0.2, 0) is 4.79 Å². The van der Waals surface area contributed by atoms with Crippen LogP contribution in [0.1, 0.15) is 66.2 Å². The summed E-state index contributed by atoms with van der Waals surface area (Å²) in [6, 6.07) is 0.148. The molecule has 0 aliphatic rings. The van der Waals surface area contributed by atoms with Crippen molar-refractivity contribution in [2.24, 2.45) is 0 Å². The Morgan fingerprint density at radius 1 is 0.952 bits per heavy atom. The van der Waals surface area contributed by atoms with E-state index in [0.717, 1.165) is 38.8 Å². The molecule has 0 aromatic carbocycles. The summed E-state index contributed by atoms with van der Waals surface area (Å²) in [6.07, 6.45) is 4.77. The Kier molecular flexibility index (Phi) is 10.7. The molecule has 0 heterocycles. The number of amides is 2. The maximum atomic E-state index is 12.7. The molecule has 2 amide bonds. The van der Waals surface area contributed by atoms with Crippen LogP contribution in [0, 0.1) is 0 Å². The fourth-order valence-corrected chi connectivity index (χ4v) is 2.16. The normalized spacial score (nSPS) is 10.7. The van der Waals surface area contributed by atoms with Gasteiger partial charge in [0.25, 0.3) is 0 Å². The monoisotopic (exact) mass is 300 g/mol. The molecule has 0 aliphatic heterocycles. The minimum atomic E-state index is -0.806. The molecule has 124 valence electrons. The molecule has 0 aliphatic carbocycles. The lowest BCUT2D eigenvalue weighted by molar-refractivity contribution is -0.137. The van der Waals surface area contributed by atoms with E-state index in [2.05, 4.69) is 13.8 Å². The van der Waals surface area contributed by atoms with Crippen molar-refractivity contribution in [2.75, 3.05) is 19.6 Å². The van der Waals surface area contributed by atoms with E-state index in [1.807, 2.05) is 18.7 Å². The van der Waals surface area contributed by atoms with Crippen molar-refractivity contribution in [3.05, 3.63) is 0 Å². The molecule has 0 unspecified atom stereocenters. The van der Waals surface area contributed by atoms with Gasteiger partial charge in [-0.1, -0.05) is 26.7 Å². The van der Waals surface area contributed by atoms with Crippen LogP contribution >= 0.6 is 0 Å². The average molecular weight is 300 g/mol. The van der Waals surface area contributed by atoms with Gasteiger partial charge in [-0.3, -0.25) is 4.79 Å². The minimum absolute atomic E-state index is 0.0530. The van der Waals surface area contributed by atoms with E-state index >= 15 is 0 Å². The smallest absolute Gasteiger partial charge is 0.320 e. The summed E-state index contributed by atoms with van der Waals surface area (Å²) in [4.78, 5) is 27.0. The topological polar surface area (TPSA) is 60.9 Å². The van der Waals surface area contributed by atoms with Crippen LogP contribution in [0.4, 0.5) is 4.79 Å². The van der Waals surface area contributed by atoms with Crippen LogP contribution in [0.2, 0.25) is 0 Å². The Labute approximate surface area is 129 Å². The Morgan fingerprint density at radius 2 is 1.48 bits per heavy atom. The van der Waals surface area contributed by atoms with Crippen LogP contribution < -0.4 is 0 Å². The Morgan fingerprint density at radius 3 is 1.86 bits per heavy atom. The van der Waals surface area contributed by atoms with Gasteiger partial charge in [-0.25, -0.2) is 4.79 Å². The Bertz CT molecular complexity index is 298. The molecule has 0 bridgehead atoms. The fourth-order valence-electron chi connectivity index (χ4n) is 2.16. The number of nitrogens with zero attached hydrogens (tertiary/aromatic N) is 2. The molecule has 5 nitrogen and oxygen atoms in total. The Hall–Kier alpha value is -1.26. The molecule has 0 rings (SSSR count). The number of carboxylic acids is 1. The highest BCUT2D eigenvalue weighted by atomic mass is 16.4. The van der Waals surface area contributed by atoms with E-state index in [4.69, 9.17) is 5.11 Å². The van der Waals surface area contributed by atoms with Gasteiger partial charge in [0.2, 0.25) is 0 Å². The van der Waals surface area contributed by atoms with Crippen LogP contribution in [-0.4, -0.2) is 52.6 Å². The van der Waals surface area contributed by atoms with E-state index in [1.54, 1.807) is 4.90 Å². The van der Waals surface area contributed by atoms with Crippen molar-refractivity contribution in [3.8, 4) is 0 Å². The maximum absolute atomic E-state index is 12.7. The highest BCUT2D eigenvalue weighted by Gasteiger charge is 2.22. The maximum Gasteiger partial charge on any atom is 0.320 e. The lowest BCUT2D eigenvalue weighted by Gasteiger charge is -2.33. The summed E-state index contributed by atoms with van der Waals surface area (Å²) >= 11 is 0. The van der Waals surface area contributed by atoms with Crippen LogP contribution in [0.3, 0.4) is 0 Å². The van der Waals surface area contributed by atoms with Crippen molar-refractivity contribution < 1.29 is 14.7 Å². The summed E-state index contributed by atoms with van der Waals surface area (Å²) in [5.41, 5.74) is 0. The standard InChI is InChI=1S/C16H32N2O3/c1-5-7-11-17(12-8-6-2)16(21)18(14(3)4)13-9-10-15(19)20/h14H,5-13H2,1-4H3,(H,19,20). The lowest BCUT2D eigenvalue weighted by Crippen LogP contribution is -2.47. The van der Waals surface area contributed by atoms with Crippen LogP contribution in [0.5, 0.6) is 0 Å². The number of aliphatic carboxylic acids is 1. The van der Waals surface area contributed by atoms with E-state index in [9.17, 15) is 9.59 Å². The van der Waals surface area contributed by atoms with Crippen molar-refractivity contribution in [2.45, 2.75) is 72.3 Å². The first-order valence-corrected chi connectivity index (χ1v) is 8.21. The molecule has 21 heavy (non-hydrogen) atoms. The van der Waals surface area contributed by atoms with E-state index in [0.29, 0.717) is 13.0 Å². The molecule has 0 aromatic heterocycles. The predicted molar refractivity (Wildman–Crippen MR) is 85.5 cm³/mol. The predicted octanol–water partition coefficient (Wildman–Crippen LogP) is 3.58. The second kappa shape index (κ2) is 11.4. The zero-order valence-corrected chi connectivity index (χ0v) is 14.1. The summed E-state index contributed by atoms with van der Waals surface area (Å²) in [5.74, 6) is -0.806. The molecular formula is C16H32N2O3. The minimum Gasteiger partial charge on any atom is -0.481 e. The third-order valence-electron chi connectivity index (χ3n) is 3.49. The zero-order valence-electron chi connectivity index (χ0n) is 14.1. The number of unbranched alkanes of at least 4 members (excludes halogenated alkanes) is 2. The highest BCUT2D eigenvalue weighted by molar-refractivity contribution is 5.75. The zero-order chi connectivity index (χ0) is 16.3. The number of carbonyl (C=O) groups is 2. The van der Waals surface area contributed by atoms with Gasteiger partial charge in [0.1, 0.15) is 0 Å². The molecule has 0 spiro atoms. The number of hydrogen-bond donors (Lipinski definition) is 1. The van der Waals surface area contributed by atoms with E-state index in [1.165, 1.54) is 0 Å². The molecule has 0 radical (unpaired) electrons. The average Bonchev–Trinajstić information content (AvgIpc) is 2.42. The number of urea groups is 1. The third-order valence-corrected chi connectivity index (χ3v) is 3.49. The molecule has 1 N–H and O–H groups in total. The number of hydrogen-bond acceptors (Lipinski definition) is 2. The second-order valence-electron chi connectivity index (χ2n) is 5.76. The quantitative estimate of drug-likeness (QED) is 0.634. The molecule has 0 fully saturated rings. The van der Waals surface area contributed by atoms with Crippen molar-refractivity contribution in [3.63, 3.8) is 0 Å². The van der Waals surface area contributed by atoms with Gasteiger partial charge in [-0.15, -0.1) is 0 Å². The van der Waals surface area contributed by atoms with Gasteiger partial charge in [0, 0.05) is 32.1 Å². The van der Waals surface area contributed by atoms with Crippen molar-refractivity contribution >= 4 is 12.0 Å². The van der Waals surface area contributed by atoms with Gasteiger partial charge in [-0.2, -0.15) is 0 Å². The second-order valence-corrected chi connectivity index (χ2v) is 5.76. The number of carbonyl (C=O) groups excluding carboxylic acids is 1. The summed E-state index contributed by atoms with van der Waals surface area (Å²) < 4.78 is 0. The molecule has 0 saturated carbocycles. The lowest BCUT2D eigenvalue weighted by atomic mass is 10.2. The molecule has 0 aromatic rings. The Balaban J connectivity index is 4.64. The largest absolute Gasteiger partial charge is 0.481 e. The summed E-state index contributed by atoms with van der Waals surface area (Å²) in [7, 11) is 0. The van der Waals surface area contributed by atoms with Gasteiger partial charge >= 0.3 is 12.0 Å². The van der Waals surface area contributed by atoms with E-state index in [-0.39, 0.29) is 18.5 Å².